The van der Waals surface area contributed by atoms with Gasteiger partial charge in [-0.05, 0) is 6.92 Å². The summed E-state index contributed by atoms with van der Waals surface area (Å²) in [6.45, 7) is 6.05. The maximum atomic E-state index is 9.95. The van der Waals surface area contributed by atoms with Crippen molar-refractivity contribution in [1.82, 2.24) is 0 Å². The number of hydrogen-bond acceptors (Lipinski definition) is 4. The average molecular weight is 270 g/mol. The van der Waals surface area contributed by atoms with Gasteiger partial charge in [0.05, 0.1) is 19.3 Å². The van der Waals surface area contributed by atoms with Gasteiger partial charge in [-0.2, -0.15) is 8.39 Å². The SMILES string of the molecule is C#CCOCC(O)COC(C)C=C.OP(F)F. The Morgan fingerprint density at radius 1 is 1.53 bits per heavy atom. The van der Waals surface area contributed by atoms with Crippen molar-refractivity contribution in [2.45, 2.75) is 19.1 Å². The number of terminal acetylenes is 1. The fourth-order valence-corrected chi connectivity index (χ4v) is 0.633. The lowest BCUT2D eigenvalue weighted by molar-refractivity contribution is -0.0238. The molecule has 0 rings (SSSR count). The van der Waals surface area contributed by atoms with Gasteiger partial charge in [-0.1, -0.05) is 12.0 Å². The second-order valence-electron chi connectivity index (χ2n) is 2.86. The molecule has 0 aliphatic carbocycles. The molecule has 0 spiro atoms. The minimum Gasteiger partial charge on any atom is -0.388 e. The molecule has 0 aromatic heterocycles. The van der Waals surface area contributed by atoms with Crippen molar-refractivity contribution in [2.75, 3.05) is 19.8 Å². The number of aliphatic hydroxyl groups excluding tert-OH is 1. The largest absolute Gasteiger partial charge is 0.412 e. The summed E-state index contributed by atoms with van der Waals surface area (Å²) in [6, 6.07) is 0. The Hall–Kier alpha value is -0.570. The van der Waals surface area contributed by atoms with Gasteiger partial charge < -0.3 is 19.5 Å². The first-order valence-corrected chi connectivity index (χ1v) is 5.75. The van der Waals surface area contributed by atoms with E-state index in [1.54, 1.807) is 6.08 Å². The summed E-state index contributed by atoms with van der Waals surface area (Å²) in [5.41, 5.74) is 0. The molecule has 17 heavy (non-hydrogen) atoms. The zero-order chi connectivity index (χ0) is 13.7. The van der Waals surface area contributed by atoms with Crippen molar-refractivity contribution >= 4 is 8.77 Å². The van der Waals surface area contributed by atoms with Crippen LogP contribution in [-0.4, -0.2) is 42.0 Å². The molecule has 0 fully saturated rings. The van der Waals surface area contributed by atoms with Gasteiger partial charge in [0.25, 0.3) is 0 Å². The Kier molecular flexibility index (Phi) is 14.9. The number of halogens is 2. The van der Waals surface area contributed by atoms with Gasteiger partial charge in [0.2, 0.25) is 0 Å². The molecule has 0 aromatic rings. The maximum Gasteiger partial charge on any atom is 0.412 e. The highest BCUT2D eigenvalue weighted by atomic mass is 31.2. The van der Waals surface area contributed by atoms with E-state index in [0.29, 0.717) is 0 Å². The first-order chi connectivity index (χ1) is 7.93. The minimum absolute atomic E-state index is 0.0534. The summed E-state index contributed by atoms with van der Waals surface area (Å²) in [4.78, 5) is 6.79. The Labute approximate surface area is 101 Å². The molecule has 100 valence electrons. The van der Waals surface area contributed by atoms with Crippen molar-refractivity contribution in [3.63, 3.8) is 0 Å². The van der Waals surface area contributed by atoms with E-state index in [-0.39, 0.29) is 25.9 Å². The van der Waals surface area contributed by atoms with Crippen molar-refractivity contribution in [3.8, 4) is 12.3 Å². The summed E-state index contributed by atoms with van der Waals surface area (Å²) in [5, 5.41) is 9.27. The Balaban J connectivity index is 0. The number of hydrogen-bond donors (Lipinski definition) is 2. The van der Waals surface area contributed by atoms with Crippen LogP contribution in [0, 0.1) is 12.3 Å². The summed E-state index contributed by atoms with van der Waals surface area (Å²) in [6.07, 6.45) is 5.94. The molecule has 0 amide bonds. The number of aliphatic hydroxyl groups is 1. The van der Waals surface area contributed by atoms with Crippen LogP contribution in [0.4, 0.5) is 8.39 Å². The van der Waals surface area contributed by atoms with Gasteiger partial charge >= 0.3 is 8.77 Å². The van der Waals surface area contributed by atoms with Gasteiger partial charge in [0.1, 0.15) is 12.7 Å². The van der Waals surface area contributed by atoms with E-state index < -0.39 is 14.9 Å². The van der Waals surface area contributed by atoms with E-state index in [1.807, 2.05) is 6.92 Å². The van der Waals surface area contributed by atoms with Gasteiger partial charge in [-0.3, -0.25) is 0 Å². The van der Waals surface area contributed by atoms with Crippen LogP contribution in [-0.2, 0) is 9.47 Å². The smallest absolute Gasteiger partial charge is 0.388 e. The van der Waals surface area contributed by atoms with E-state index in [4.69, 9.17) is 20.8 Å². The molecule has 0 saturated heterocycles. The molecule has 0 heterocycles. The van der Waals surface area contributed by atoms with Crippen LogP contribution < -0.4 is 0 Å². The van der Waals surface area contributed by atoms with Crippen molar-refractivity contribution in [2.24, 2.45) is 0 Å². The summed E-state index contributed by atoms with van der Waals surface area (Å²) >= 11 is 0. The molecule has 2 atom stereocenters. The number of ether oxygens (including phenoxy) is 2. The average Bonchev–Trinajstić information content (AvgIpc) is 2.25. The number of rotatable bonds is 7. The van der Waals surface area contributed by atoms with E-state index >= 15 is 0 Å². The maximum absolute atomic E-state index is 9.95. The topological polar surface area (TPSA) is 58.9 Å². The summed E-state index contributed by atoms with van der Waals surface area (Å²) < 4.78 is 30.0. The predicted molar refractivity (Wildman–Crippen MR) is 62.6 cm³/mol. The van der Waals surface area contributed by atoms with E-state index in [1.165, 1.54) is 0 Å². The van der Waals surface area contributed by atoms with Crippen LogP contribution in [0.2, 0.25) is 0 Å². The van der Waals surface area contributed by atoms with Crippen molar-refractivity contribution in [1.29, 1.82) is 0 Å². The molecular formula is C10H17F2O4P. The predicted octanol–water partition coefficient (Wildman–Crippen LogP) is 1.73. The lowest BCUT2D eigenvalue weighted by atomic mass is 10.4. The first-order valence-electron chi connectivity index (χ1n) is 4.68. The second-order valence-corrected chi connectivity index (χ2v) is 3.29. The summed E-state index contributed by atoms with van der Waals surface area (Å²) in [7, 11) is -3.62. The molecule has 4 nitrogen and oxygen atoms in total. The molecule has 0 aliphatic heterocycles. The molecule has 7 heteroatoms. The lowest BCUT2D eigenvalue weighted by Crippen LogP contribution is -2.24. The monoisotopic (exact) mass is 270 g/mol. The van der Waals surface area contributed by atoms with Crippen LogP contribution in [0.15, 0.2) is 12.7 Å². The van der Waals surface area contributed by atoms with Gasteiger partial charge in [0, 0.05) is 0 Å². The zero-order valence-electron chi connectivity index (χ0n) is 9.55. The molecule has 0 aliphatic rings. The Bertz CT molecular complexity index is 218. The molecular weight excluding hydrogens is 253 g/mol. The fraction of sp³-hybridized carbons (Fsp3) is 0.600. The lowest BCUT2D eigenvalue weighted by Gasteiger charge is -2.13. The molecule has 0 saturated carbocycles. The molecule has 0 bridgehead atoms. The van der Waals surface area contributed by atoms with Crippen LogP contribution in [0.1, 0.15) is 6.92 Å². The molecule has 2 N–H and O–H groups in total. The third-order valence-corrected chi connectivity index (χ3v) is 1.38. The van der Waals surface area contributed by atoms with Crippen LogP contribution in [0.3, 0.4) is 0 Å². The summed E-state index contributed by atoms with van der Waals surface area (Å²) in [5.74, 6) is 2.31. The molecule has 0 radical (unpaired) electrons. The highest BCUT2D eigenvalue weighted by Crippen LogP contribution is 2.31. The minimum atomic E-state index is -3.62. The fourth-order valence-electron chi connectivity index (χ4n) is 0.633. The van der Waals surface area contributed by atoms with E-state index in [2.05, 4.69) is 12.5 Å². The highest BCUT2D eigenvalue weighted by molar-refractivity contribution is 7.39. The molecule has 2 unspecified atom stereocenters. The van der Waals surface area contributed by atoms with Crippen molar-refractivity contribution in [3.05, 3.63) is 12.7 Å². The Morgan fingerprint density at radius 3 is 2.47 bits per heavy atom. The van der Waals surface area contributed by atoms with Crippen molar-refractivity contribution < 1.29 is 27.9 Å². The molecule has 0 aromatic carbocycles. The standard InChI is InChI=1S/C10H16O3.F2HOP/c1-4-6-12-7-10(11)8-13-9(3)5-2;1-4(2)3/h1,5,9-11H,2,6-8H2,3H3;3H. The van der Waals surface area contributed by atoms with Gasteiger partial charge in [-0.15, -0.1) is 13.0 Å². The first kappa shape index (κ1) is 18.8. The third kappa shape index (κ3) is 21.3. The highest BCUT2D eigenvalue weighted by Gasteiger charge is 2.05. The Morgan fingerprint density at radius 2 is 2.06 bits per heavy atom. The quantitative estimate of drug-likeness (QED) is 0.320. The van der Waals surface area contributed by atoms with Gasteiger partial charge in [-0.25, -0.2) is 0 Å². The van der Waals surface area contributed by atoms with E-state index in [0.717, 1.165) is 0 Å². The second kappa shape index (κ2) is 13.5. The van der Waals surface area contributed by atoms with Gasteiger partial charge in [0.15, 0.2) is 0 Å². The zero-order valence-corrected chi connectivity index (χ0v) is 10.4. The van der Waals surface area contributed by atoms with Crippen LogP contribution in [0.25, 0.3) is 0 Å². The van der Waals surface area contributed by atoms with Crippen LogP contribution in [0.5, 0.6) is 0 Å². The third-order valence-electron chi connectivity index (χ3n) is 1.38. The normalized spacial score (nSPS) is 13.2. The van der Waals surface area contributed by atoms with Crippen LogP contribution >= 0.6 is 8.77 Å². The van der Waals surface area contributed by atoms with E-state index in [9.17, 15) is 13.5 Å².